The summed E-state index contributed by atoms with van der Waals surface area (Å²) in [6.07, 6.45) is 7.54. The van der Waals surface area contributed by atoms with Crippen LogP contribution in [0.25, 0.3) is 0 Å². The van der Waals surface area contributed by atoms with Crippen LogP contribution < -0.4 is 0 Å². The molecule has 2 fully saturated rings. The fourth-order valence-corrected chi connectivity index (χ4v) is 3.46. The molecule has 1 aliphatic heterocycles. The van der Waals surface area contributed by atoms with Gasteiger partial charge in [0.2, 0.25) is 5.91 Å². The molecule has 1 saturated carbocycles. The molecule has 0 aromatic heterocycles. The summed E-state index contributed by atoms with van der Waals surface area (Å²) in [7, 11) is 0. The summed E-state index contributed by atoms with van der Waals surface area (Å²) in [5, 5.41) is 9.49. The maximum Gasteiger partial charge on any atom is 0.310 e. The normalized spacial score (nSPS) is 39.6. The van der Waals surface area contributed by atoms with Crippen LogP contribution in [-0.2, 0) is 9.59 Å². The standard InChI is InChI=1S/C14H19NO3/c1-14(13(17)18)7-2-3-9-6-8-15(10-4-5-10)12(16)11(9)14/h2-3,9-11H,4-8H2,1H3,(H,17,18). The molecule has 4 heteroatoms. The average molecular weight is 249 g/mol. The molecule has 3 unspecified atom stereocenters. The highest BCUT2D eigenvalue weighted by atomic mass is 16.4. The molecular formula is C14H19NO3. The second kappa shape index (κ2) is 3.84. The van der Waals surface area contributed by atoms with Crippen molar-refractivity contribution in [1.82, 2.24) is 4.90 Å². The number of allylic oxidation sites excluding steroid dienone is 2. The largest absolute Gasteiger partial charge is 0.481 e. The van der Waals surface area contributed by atoms with Crippen molar-refractivity contribution >= 4 is 11.9 Å². The molecule has 1 N–H and O–H groups in total. The predicted molar refractivity (Wildman–Crippen MR) is 65.8 cm³/mol. The smallest absolute Gasteiger partial charge is 0.310 e. The van der Waals surface area contributed by atoms with Crippen molar-refractivity contribution < 1.29 is 14.7 Å². The first kappa shape index (κ1) is 11.8. The molecule has 3 atom stereocenters. The number of carboxylic acids is 1. The number of fused-ring (bicyclic) bond motifs is 1. The number of amides is 1. The molecule has 0 spiro atoms. The Kier molecular flexibility index (Phi) is 2.50. The molecule has 3 rings (SSSR count). The Morgan fingerprint density at radius 2 is 2.17 bits per heavy atom. The fourth-order valence-electron chi connectivity index (χ4n) is 3.46. The summed E-state index contributed by atoms with van der Waals surface area (Å²) in [6.45, 7) is 2.52. The van der Waals surface area contributed by atoms with Crippen LogP contribution in [0.2, 0.25) is 0 Å². The van der Waals surface area contributed by atoms with Gasteiger partial charge in [0.15, 0.2) is 0 Å². The number of carboxylic acid groups (broad SMARTS) is 1. The van der Waals surface area contributed by atoms with E-state index in [9.17, 15) is 14.7 Å². The molecule has 2 aliphatic carbocycles. The number of carbonyl (C=O) groups is 2. The lowest BCUT2D eigenvalue weighted by atomic mass is 9.62. The highest BCUT2D eigenvalue weighted by Crippen LogP contribution is 2.47. The second-order valence-corrected chi connectivity index (χ2v) is 6.05. The summed E-state index contributed by atoms with van der Waals surface area (Å²) in [4.78, 5) is 26.1. The number of hydrogen-bond donors (Lipinski definition) is 1. The summed E-state index contributed by atoms with van der Waals surface area (Å²) < 4.78 is 0. The van der Waals surface area contributed by atoms with Crippen LogP contribution >= 0.6 is 0 Å². The Morgan fingerprint density at radius 3 is 2.78 bits per heavy atom. The van der Waals surface area contributed by atoms with E-state index >= 15 is 0 Å². The van der Waals surface area contributed by atoms with E-state index in [2.05, 4.69) is 6.08 Å². The van der Waals surface area contributed by atoms with E-state index in [0.29, 0.717) is 12.5 Å². The zero-order valence-electron chi connectivity index (χ0n) is 10.6. The topological polar surface area (TPSA) is 57.6 Å². The lowest BCUT2D eigenvalue weighted by Gasteiger charge is -2.45. The van der Waals surface area contributed by atoms with Gasteiger partial charge in [-0.2, -0.15) is 0 Å². The SMILES string of the molecule is CC1(C(=O)O)CC=CC2CCN(C3CC3)C(=O)C21. The van der Waals surface area contributed by atoms with Crippen LogP contribution in [0.1, 0.15) is 32.6 Å². The molecular weight excluding hydrogens is 230 g/mol. The van der Waals surface area contributed by atoms with Crippen LogP contribution in [0.15, 0.2) is 12.2 Å². The van der Waals surface area contributed by atoms with Gasteiger partial charge in [0.25, 0.3) is 0 Å². The van der Waals surface area contributed by atoms with Crippen LogP contribution in [0.3, 0.4) is 0 Å². The average Bonchev–Trinajstić information content (AvgIpc) is 3.13. The molecule has 4 nitrogen and oxygen atoms in total. The van der Waals surface area contributed by atoms with E-state index in [4.69, 9.17) is 0 Å². The van der Waals surface area contributed by atoms with E-state index in [1.165, 1.54) is 0 Å². The van der Waals surface area contributed by atoms with E-state index < -0.39 is 11.4 Å². The first-order valence-electron chi connectivity index (χ1n) is 6.74. The lowest BCUT2D eigenvalue weighted by molar-refractivity contribution is -0.164. The maximum atomic E-state index is 12.6. The van der Waals surface area contributed by atoms with Gasteiger partial charge in [-0.1, -0.05) is 12.2 Å². The highest BCUT2D eigenvalue weighted by Gasteiger charge is 2.54. The molecule has 0 aromatic carbocycles. The third kappa shape index (κ3) is 1.58. The zero-order valence-corrected chi connectivity index (χ0v) is 10.6. The van der Waals surface area contributed by atoms with Gasteiger partial charge < -0.3 is 10.0 Å². The third-order valence-electron chi connectivity index (χ3n) is 4.77. The van der Waals surface area contributed by atoms with E-state index in [1.807, 2.05) is 11.0 Å². The molecule has 98 valence electrons. The van der Waals surface area contributed by atoms with Crippen LogP contribution in [-0.4, -0.2) is 34.5 Å². The minimum atomic E-state index is -0.927. The van der Waals surface area contributed by atoms with Gasteiger partial charge >= 0.3 is 5.97 Å². The third-order valence-corrected chi connectivity index (χ3v) is 4.77. The van der Waals surface area contributed by atoms with Crippen molar-refractivity contribution in [2.45, 2.75) is 38.6 Å². The van der Waals surface area contributed by atoms with Gasteiger partial charge in [-0.15, -0.1) is 0 Å². The zero-order chi connectivity index (χ0) is 12.9. The van der Waals surface area contributed by atoms with Gasteiger partial charge in [0.1, 0.15) is 0 Å². The summed E-state index contributed by atoms with van der Waals surface area (Å²) in [5.74, 6) is -1.02. The van der Waals surface area contributed by atoms with Gasteiger partial charge in [0.05, 0.1) is 11.3 Å². The van der Waals surface area contributed by atoms with Gasteiger partial charge in [-0.05, 0) is 38.5 Å². The first-order chi connectivity index (χ1) is 8.54. The predicted octanol–water partition coefficient (Wildman–Crippen LogP) is 1.66. The Hall–Kier alpha value is -1.32. The summed E-state index contributed by atoms with van der Waals surface area (Å²) >= 11 is 0. The van der Waals surface area contributed by atoms with Gasteiger partial charge in [-0.3, -0.25) is 9.59 Å². The maximum absolute atomic E-state index is 12.6. The number of aliphatic carboxylic acids is 1. The van der Waals surface area contributed by atoms with E-state index in [0.717, 1.165) is 25.8 Å². The minimum absolute atomic E-state index is 0.0722. The van der Waals surface area contributed by atoms with Gasteiger partial charge in [-0.25, -0.2) is 0 Å². The molecule has 1 amide bonds. The monoisotopic (exact) mass is 249 g/mol. The van der Waals surface area contributed by atoms with Crippen LogP contribution in [0, 0.1) is 17.3 Å². The Balaban J connectivity index is 1.94. The van der Waals surface area contributed by atoms with Crippen molar-refractivity contribution in [3.63, 3.8) is 0 Å². The molecule has 1 heterocycles. The van der Waals surface area contributed by atoms with Crippen LogP contribution in [0.5, 0.6) is 0 Å². The van der Waals surface area contributed by atoms with E-state index in [1.54, 1.807) is 6.92 Å². The second-order valence-electron chi connectivity index (χ2n) is 6.05. The van der Waals surface area contributed by atoms with Gasteiger partial charge in [0, 0.05) is 12.6 Å². The quantitative estimate of drug-likeness (QED) is 0.757. The molecule has 3 aliphatic rings. The number of nitrogens with zero attached hydrogens (tertiary/aromatic N) is 1. The summed E-state index contributed by atoms with van der Waals surface area (Å²) in [5.41, 5.74) is -0.927. The van der Waals surface area contributed by atoms with Crippen molar-refractivity contribution in [2.75, 3.05) is 6.54 Å². The highest BCUT2D eigenvalue weighted by molar-refractivity contribution is 5.89. The number of hydrogen-bond acceptors (Lipinski definition) is 2. The van der Waals surface area contributed by atoms with Crippen molar-refractivity contribution in [3.05, 3.63) is 12.2 Å². The number of carbonyl (C=O) groups excluding carboxylic acids is 1. The molecule has 1 saturated heterocycles. The molecule has 18 heavy (non-hydrogen) atoms. The molecule has 0 bridgehead atoms. The Morgan fingerprint density at radius 1 is 1.44 bits per heavy atom. The van der Waals surface area contributed by atoms with Crippen molar-refractivity contribution in [3.8, 4) is 0 Å². The Bertz CT molecular complexity index is 427. The Labute approximate surface area is 107 Å². The molecule has 0 aromatic rings. The van der Waals surface area contributed by atoms with Crippen molar-refractivity contribution in [2.24, 2.45) is 17.3 Å². The lowest BCUT2D eigenvalue weighted by Crippen LogP contribution is -2.55. The van der Waals surface area contributed by atoms with E-state index in [-0.39, 0.29) is 17.7 Å². The molecule has 0 radical (unpaired) electrons. The first-order valence-corrected chi connectivity index (χ1v) is 6.74. The number of likely N-dealkylation sites (tertiary alicyclic amines) is 1. The minimum Gasteiger partial charge on any atom is -0.481 e. The van der Waals surface area contributed by atoms with Crippen LogP contribution in [0.4, 0.5) is 0 Å². The number of piperidine rings is 1. The summed E-state index contributed by atoms with van der Waals surface area (Å²) in [6, 6.07) is 0.391. The number of rotatable bonds is 2. The fraction of sp³-hybridized carbons (Fsp3) is 0.714. The van der Waals surface area contributed by atoms with Crippen molar-refractivity contribution in [1.29, 1.82) is 0 Å².